The second kappa shape index (κ2) is 5.04. The minimum absolute atomic E-state index is 0.434. The molecule has 2 aliphatic carbocycles. The van der Waals surface area contributed by atoms with Crippen LogP contribution in [-0.2, 0) is 5.88 Å². The van der Waals surface area contributed by atoms with Gasteiger partial charge in [-0.25, -0.2) is 4.98 Å². The Hall–Kier alpha value is -0.830. The molecule has 1 aromatic rings. The molecule has 18 heavy (non-hydrogen) atoms. The number of alkyl halides is 1. The maximum Gasteiger partial charge on any atom is 0.146 e. The number of anilines is 1. The van der Waals surface area contributed by atoms with Gasteiger partial charge in [-0.2, -0.15) is 0 Å². The van der Waals surface area contributed by atoms with Crippen LogP contribution in [0.4, 0.5) is 5.82 Å². The van der Waals surface area contributed by atoms with Crippen molar-refractivity contribution in [2.75, 3.05) is 18.5 Å². The number of fused-ring (bicyclic) bond motifs is 2. The molecule has 0 N–H and O–H groups in total. The van der Waals surface area contributed by atoms with E-state index in [-0.39, 0.29) is 0 Å². The molecule has 0 spiro atoms. The van der Waals surface area contributed by atoms with Gasteiger partial charge in [-0.3, -0.25) is 4.98 Å². The van der Waals surface area contributed by atoms with E-state index in [0.717, 1.165) is 35.8 Å². The number of rotatable bonds is 4. The molecule has 3 nitrogen and oxygen atoms in total. The summed E-state index contributed by atoms with van der Waals surface area (Å²) in [5.41, 5.74) is 0.841. The molecule has 2 aliphatic rings. The highest BCUT2D eigenvalue weighted by Gasteiger charge is 2.39. The zero-order valence-corrected chi connectivity index (χ0v) is 11.6. The smallest absolute Gasteiger partial charge is 0.146 e. The molecular weight excluding hydrogens is 246 g/mol. The van der Waals surface area contributed by atoms with Gasteiger partial charge in [-0.15, -0.1) is 11.6 Å². The molecule has 3 rings (SSSR count). The number of hydrogen-bond donors (Lipinski definition) is 0. The predicted octanol–water partition coefficient (Wildman–Crippen LogP) is 3.09. The fourth-order valence-corrected chi connectivity index (χ4v) is 3.80. The average Bonchev–Trinajstić information content (AvgIpc) is 3.01. The van der Waals surface area contributed by atoms with Gasteiger partial charge in [0.15, 0.2) is 0 Å². The first-order chi connectivity index (χ1) is 8.76. The van der Waals surface area contributed by atoms with E-state index in [4.69, 9.17) is 11.6 Å². The van der Waals surface area contributed by atoms with Crippen molar-refractivity contribution >= 4 is 17.4 Å². The van der Waals surface area contributed by atoms with Crippen LogP contribution in [0.3, 0.4) is 0 Å². The van der Waals surface area contributed by atoms with Crippen LogP contribution in [0.1, 0.15) is 31.4 Å². The highest BCUT2D eigenvalue weighted by Crippen LogP contribution is 2.48. The fraction of sp³-hybridized carbons (Fsp3) is 0.714. The summed E-state index contributed by atoms with van der Waals surface area (Å²) in [5.74, 6) is 4.24. The molecule has 0 amide bonds. The van der Waals surface area contributed by atoms with Gasteiger partial charge < -0.3 is 4.90 Å². The second-order valence-electron chi connectivity index (χ2n) is 5.82. The zero-order chi connectivity index (χ0) is 12.5. The van der Waals surface area contributed by atoms with Crippen molar-refractivity contribution in [2.45, 2.75) is 31.6 Å². The van der Waals surface area contributed by atoms with Gasteiger partial charge in [-0.1, -0.05) is 6.42 Å². The molecule has 3 unspecified atom stereocenters. The number of hydrogen-bond acceptors (Lipinski definition) is 3. The normalized spacial score (nSPS) is 29.8. The van der Waals surface area contributed by atoms with E-state index < -0.39 is 0 Å². The molecular formula is C14H20ClN3. The third-order valence-corrected chi connectivity index (χ3v) is 4.89. The van der Waals surface area contributed by atoms with Crippen molar-refractivity contribution < 1.29 is 0 Å². The van der Waals surface area contributed by atoms with Gasteiger partial charge in [0.1, 0.15) is 5.82 Å². The van der Waals surface area contributed by atoms with Gasteiger partial charge in [0.05, 0.1) is 24.0 Å². The predicted molar refractivity (Wildman–Crippen MR) is 73.8 cm³/mol. The number of aromatic nitrogens is 2. The van der Waals surface area contributed by atoms with Crippen LogP contribution in [0.25, 0.3) is 0 Å². The summed E-state index contributed by atoms with van der Waals surface area (Å²) in [6, 6.07) is 0. The first-order valence-corrected chi connectivity index (χ1v) is 7.37. The lowest BCUT2D eigenvalue weighted by Gasteiger charge is -2.27. The molecule has 0 aromatic carbocycles. The third kappa shape index (κ3) is 2.33. The highest BCUT2D eigenvalue weighted by molar-refractivity contribution is 6.16. The van der Waals surface area contributed by atoms with E-state index in [2.05, 4.69) is 21.9 Å². The maximum absolute atomic E-state index is 5.72. The standard InChI is InChI=1S/C14H20ClN3/c1-18(14-8-16-13(6-15)7-17-14)9-12-5-10-2-3-11(12)4-10/h7-8,10-12H,2-6,9H2,1H3. The zero-order valence-electron chi connectivity index (χ0n) is 10.8. The molecule has 0 aliphatic heterocycles. The topological polar surface area (TPSA) is 29.0 Å². The molecule has 3 atom stereocenters. The minimum Gasteiger partial charge on any atom is -0.358 e. The Morgan fingerprint density at radius 1 is 1.28 bits per heavy atom. The molecule has 2 fully saturated rings. The Labute approximate surface area is 114 Å². The molecule has 2 saturated carbocycles. The van der Waals surface area contributed by atoms with Gasteiger partial charge in [0.25, 0.3) is 0 Å². The Morgan fingerprint density at radius 2 is 2.17 bits per heavy atom. The molecule has 0 saturated heterocycles. The lowest BCUT2D eigenvalue weighted by molar-refractivity contribution is 0.337. The van der Waals surface area contributed by atoms with Crippen LogP contribution in [0, 0.1) is 17.8 Å². The summed E-state index contributed by atoms with van der Waals surface area (Å²) < 4.78 is 0. The van der Waals surface area contributed by atoms with Crippen molar-refractivity contribution in [3.8, 4) is 0 Å². The van der Waals surface area contributed by atoms with E-state index in [0.29, 0.717) is 5.88 Å². The summed E-state index contributed by atoms with van der Waals surface area (Å²) in [5, 5.41) is 0. The van der Waals surface area contributed by atoms with Crippen molar-refractivity contribution in [1.82, 2.24) is 9.97 Å². The Kier molecular flexibility index (Phi) is 3.42. The minimum atomic E-state index is 0.434. The summed E-state index contributed by atoms with van der Waals surface area (Å²) >= 11 is 5.72. The van der Waals surface area contributed by atoms with Gasteiger partial charge in [-0.05, 0) is 37.0 Å². The van der Waals surface area contributed by atoms with Crippen LogP contribution in [0.5, 0.6) is 0 Å². The van der Waals surface area contributed by atoms with Crippen molar-refractivity contribution in [2.24, 2.45) is 17.8 Å². The lowest BCUT2D eigenvalue weighted by Crippen LogP contribution is -2.29. The summed E-state index contributed by atoms with van der Waals surface area (Å²) in [6.07, 6.45) is 9.41. The SMILES string of the molecule is CN(CC1CC2CCC1C2)c1cnc(CCl)cn1. The second-order valence-corrected chi connectivity index (χ2v) is 6.08. The fourth-order valence-electron chi connectivity index (χ4n) is 3.66. The lowest BCUT2D eigenvalue weighted by atomic mass is 9.88. The Balaban J connectivity index is 1.62. The summed E-state index contributed by atoms with van der Waals surface area (Å²) in [4.78, 5) is 11.0. The molecule has 1 aromatic heterocycles. The largest absolute Gasteiger partial charge is 0.358 e. The van der Waals surface area contributed by atoms with Crippen molar-refractivity contribution in [1.29, 1.82) is 0 Å². The quantitative estimate of drug-likeness (QED) is 0.784. The van der Waals surface area contributed by atoms with Gasteiger partial charge in [0.2, 0.25) is 0 Å². The van der Waals surface area contributed by atoms with Crippen LogP contribution in [0.15, 0.2) is 12.4 Å². The van der Waals surface area contributed by atoms with Crippen LogP contribution < -0.4 is 4.90 Å². The van der Waals surface area contributed by atoms with E-state index in [1.54, 1.807) is 6.20 Å². The molecule has 0 radical (unpaired) electrons. The van der Waals surface area contributed by atoms with Gasteiger partial charge in [0, 0.05) is 13.6 Å². The van der Waals surface area contributed by atoms with E-state index >= 15 is 0 Å². The van der Waals surface area contributed by atoms with E-state index in [1.165, 1.54) is 25.7 Å². The van der Waals surface area contributed by atoms with E-state index in [9.17, 15) is 0 Å². The maximum atomic E-state index is 5.72. The molecule has 98 valence electrons. The molecule has 1 heterocycles. The van der Waals surface area contributed by atoms with Crippen molar-refractivity contribution in [3.63, 3.8) is 0 Å². The number of nitrogens with zero attached hydrogens (tertiary/aromatic N) is 3. The van der Waals surface area contributed by atoms with Gasteiger partial charge >= 0.3 is 0 Å². The molecule has 4 heteroatoms. The molecule has 2 bridgehead atoms. The highest BCUT2D eigenvalue weighted by atomic mass is 35.5. The van der Waals surface area contributed by atoms with E-state index in [1.807, 2.05) is 6.20 Å². The van der Waals surface area contributed by atoms with Crippen molar-refractivity contribution in [3.05, 3.63) is 18.1 Å². The van der Waals surface area contributed by atoms with Crippen LogP contribution >= 0.6 is 11.6 Å². The van der Waals surface area contributed by atoms with Crippen LogP contribution in [0.2, 0.25) is 0 Å². The van der Waals surface area contributed by atoms with Crippen LogP contribution in [-0.4, -0.2) is 23.6 Å². The monoisotopic (exact) mass is 265 g/mol. The average molecular weight is 266 g/mol. The Bertz CT molecular complexity index is 406. The number of halogens is 1. The Morgan fingerprint density at radius 3 is 2.72 bits per heavy atom. The first-order valence-electron chi connectivity index (χ1n) is 6.84. The third-order valence-electron chi connectivity index (χ3n) is 4.61. The summed E-state index contributed by atoms with van der Waals surface area (Å²) in [7, 11) is 2.12. The summed E-state index contributed by atoms with van der Waals surface area (Å²) in [6.45, 7) is 1.12. The first kappa shape index (κ1) is 12.2.